The average molecular weight is 418 g/mol. The van der Waals surface area contributed by atoms with Crippen LogP contribution in [0.1, 0.15) is 62.5 Å². The molecule has 0 radical (unpaired) electrons. The Morgan fingerprint density at radius 3 is 2.63 bits per heavy atom. The number of aromatic nitrogens is 1. The molecule has 2 heterocycles. The molecule has 0 unspecified atom stereocenters. The molecule has 0 saturated carbocycles. The van der Waals surface area contributed by atoms with E-state index in [1.54, 1.807) is 17.9 Å². The molecule has 2 rings (SSSR count). The molecule has 0 spiro atoms. The minimum Gasteiger partial charge on any atom is -0.462 e. The summed E-state index contributed by atoms with van der Waals surface area (Å²) in [4.78, 5) is 34.3. The number of urea groups is 1. The highest BCUT2D eigenvalue weighted by Crippen LogP contribution is 2.22. The molecule has 1 aliphatic rings. The number of aliphatic imine (C=N–C) groups is 1. The minimum atomic E-state index is -0.337. The van der Waals surface area contributed by atoms with Crippen molar-refractivity contribution in [3.63, 3.8) is 0 Å². The Balaban J connectivity index is 1.70. The number of esters is 1. The summed E-state index contributed by atoms with van der Waals surface area (Å²) < 4.78 is 5.03. The zero-order valence-corrected chi connectivity index (χ0v) is 18.6. The van der Waals surface area contributed by atoms with E-state index in [1.807, 2.05) is 26.8 Å². The fourth-order valence-electron chi connectivity index (χ4n) is 3.41. The van der Waals surface area contributed by atoms with E-state index in [0.29, 0.717) is 29.6 Å². The van der Waals surface area contributed by atoms with Crippen molar-refractivity contribution in [3.8, 4) is 0 Å². The van der Waals surface area contributed by atoms with E-state index >= 15 is 0 Å². The topological polar surface area (TPSA) is 110 Å². The second-order valence-electron chi connectivity index (χ2n) is 8.02. The van der Waals surface area contributed by atoms with Crippen LogP contribution in [0.4, 0.5) is 10.6 Å². The van der Waals surface area contributed by atoms with Crippen molar-refractivity contribution in [2.24, 2.45) is 22.6 Å². The summed E-state index contributed by atoms with van der Waals surface area (Å²) in [6.45, 7) is 10.1. The van der Waals surface area contributed by atoms with Crippen LogP contribution in [-0.4, -0.2) is 54.0 Å². The Morgan fingerprint density at radius 2 is 2.03 bits per heavy atom. The molecule has 0 aromatic carbocycles. The number of hydrogen-bond donors (Lipinski definition) is 2. The first-order valence-corrected chi connectivity index (χ1v) is 10.8. The van der Waals surface area contributed by atoms with E-state index in [9.17, 15) is 9.59 Å². The van der Waals surface area contributed by atoms with Gasteiger partial charge in [0.15, 0.2) is 0 Å². The van der Waals surface area contributed by atoms with Crippen molar-refractivity contribution in [3.05, 3.63) is 23.4 Å². The predicted molar refractivity (Wildman–Crippen MR) is 119 cm³/mol. The summed E-state index contributed by atoms with van der Waals surface area (Å²) in [5.41, 5.74) is 6.96. The van der Waals surface area contributed by atoms with Gasteiger partial charge in [-0.2, -0.15) is 4.99 Å². The van der Waals surface area contributed by atoms with Gasteiger partial charge in [-0.15, -0.1) is 0 Å². The van der Waals surface area contributed by atoms with Crippen LogP contribution in [0.5, 0.6) is 0 Å². The Morgan fingerprint density at radius 1 is 1.33 bits per heavy atom. The second kappa shape index (κ2) is 11.5. The van der Waals surface area contributed by atoms with Crippen LogP contribution in [0.15, 0.2) is 17.1 Å². The normalized spacial score (nSPS) is 15.4. The molecule has 8 nitrogen and oxygen atoms in total. The molecule has 0 bridgehead atoms. The SMILES string of the molecule is CCOC(=O)c1ccc(NCCCC2CCN(C(=O)/N=C(\N)C(C)C)CC2)nc1C. The van der Waals surface area contributed by atoms with Crippen molar-refractivity contribution >= 4 is 23.7 Å². The molecule has 1 aliphatic heterocycles. The van der Waals surface area contributed by atoms with Crippen LogP contribution in [0.2, 0.25) is 0 Å². The van der Waals surface area contributed by atoms with Crippen LogP contribution in [0.25, 0.3) is 0 Å². The number of hydrogen-bond acceptors (Lipinski definition) is 5. The van der Waals surface area contributed by atoms with Crippen molar-refractivity contribution in [1.82, 2.24) is 9.88 Å². The number of likely N-dealkylation sites (tertiary alicyclic amines) is 1. The maximum atomic E-state index is 12.2. The van der Waals surface area contributed by atoms with Crippen LogP contribution in [0.3, 0.4) is 0 Å². The fraction of sp³-hybridized carbons (Fsp3) is 0.636. The number of amides is 2. The number of pyridine rings is 1. The third-order valence-corrected chi connectivity index (χ3v) is 5.38. The number of nitrogens with zero attached hydrogens (tertiary/aromatic N) is 3. The first-order valence-electron chi connectivity index (χ1n) is 10.8. The standard InChI is InChI=1S/C22H35N5O3/c1-5-30-21(28)18-8-9-19(25-16(18)4)24-12-6-7-17-10-13-27(14-11-17)22(29)26-20(23)15(2)3/h8-9,15,17H,5-7,10-14H2,1-4H3,(H,24,25)(H2,23,26,29). The lowest BCUT2D eigenvalue weighted by molar-refractivity contribution is 0.0525. The average Bonchev–Trinajstić information content (AvgIpc) is 2.71. The van der Waals surface area contributed by atoms with Gasteiger partial charge >= 0.3 is 12.0 Å². The molecule has 0 aliphatic carbocycles. The molecule has 1 fully saturated rings. The highest BCUT2D eigenvalue weighted by molar-refractivity contribution is 5.93. The Hall–Kier alpha value is -2.64. The maximum absolute atomic E-state index is 12.2. The molecule has 3 N–H and O–H groups in total. The van der Waals surface area contributed by atoms with E-state index in [1.165, 1.54) is 0 Å². The first-order chi connectivity index (χ1) is 14.3. The number of amidine groups is 1. The summed E-state index contributed by atoms with van der Waals surface area (Å²) in [6.07, 6.45) is 4.12. The number of aryl methyl sites for hydroxylation is 1. The zero-order chi connectivity index (χ0) is 22.1. The molecule has 1 saturated heterocycles. The van der Waals surface area contributed by atoms with Crippen LogP contribution in [0, 0.1) is 18.8 Å². The molecule has 8 heteroatoms. The van der Waals surface area contributed by atoms with Crippen LogP contribution in [-0.2, 0) is 4.74 Å². The molecule has 166 valence electrons. The van der Waals surface area contributed by atoms with Crippen molar-refractivity contribution in [1.29, 1.82) is 0 Å². The summed E-state index contributed by atoms with van der Waals surface area (Å²) >= 11 is 0. The van der Waals surface area contributed by atoms with Gasteiger partial charge in [0.2, 0.25) is 0 Å². The lowest BCUT2D eigenvalue weighted by Gasteiger charge is -2.31. The van der Waals surface area contributed by atoms with Gasteiger partial charge in [0.1, 0.15) is 11.7 Å². The predicted octanol–water partition coefficient (Wildman–Crippen LogP) is 3.60. The first kappa shape index (κ1) is 23.6. The smallest absolute Gasteiger partial charge is 0.345 e. The lowest BCUT2D eigenvalue weighted by atomic mass is 9.92. The largest absolute Gasteiger partial charge is 0.462 e. The molecule has 30 heavy (non-hydrogen) atoms. The molecule has 0 atom stereocenters. The second-order valence-corrected chi connectivity index (χ2v) is 8.02. The quantitative estimate of drug-likeness (QED) is 0.289. The van der Waals surface area contributed by atoms with Gasteiger partial charge in [0, 0.05) is 25.6 Å². The van der Waals surface area contributed by atoms with Crippen molar-refractivity contribution in [2.75, 3.05) is 31.6 Å². The summed E-state index contributed by atoms with van der Waals surface area (Å²) in [5.74, 6) is 1.52. The van der Waals surface area contributed by atoms with Crippen molar-refractivity contribution in [2.45, 2.75) is 53.4 Å². The number of rotatable bonds is 8. The number of carbonyl (C=O) groups excluding carboxylic acids is 2. The highest BCUT2D eigenvalue weighted by atomic mass is 16.5. The Kier molecular flexibility index (Phi) is 9.08. The molecular weight excluding hydrogens is 382 g/mol. The Labute approximate surface area is 179 Å². The van der Waals surface area contributed by atoms with Gasteiger partial charge in [-0.05, 0) is 57.6 Å². The molecule has 1 aromatic rings. The van der Waals surface area contributed by atoms with Gasteiger partial charge in [-0.3, -0.25) is 0 Å². The monoisotopic (exact) mass is 417 g/mol. The maximum Gasteiger partial charge on any atom is 0.345 e. The van der Waals surface area contributed by atoms with Crippen LogP contribution < -0.4 is 11.1 Å². The Bertz CT molecular complexity index is 755. The van der Waals surface area contributed by atoms with Crippen LogP contribution >= 0.6 is 0 Å². The number of nitrogens with one attached hydrogen (secondary N) is 1. The zero-order valence-electron chi connectivity index (χ0n) is 18.6. The summed E-state index contributed by atoms with van der Waals surface area (Å²) in [5, 5.41) is 3.32. The van der Waals surface area contributed by atoms with E-state index in [-0.39, 0.29) is 17.9 Å². The fourth-order valence-corrected chi connectivity index (χ4v) is 3.41. The summed E-state index contributed by atoms with van der Waals surface area (Å²) in [6, 6.07) is 3.35. The van der Waals surface area contributed by atoms with Crippen molar-refractivity contribution < 1.29 is 14.3 Å². The van der Waals surface area contributed by atoms with E-state index in [2.05, 4.69) is 15.3 Å². The number of piperidine rings is 1. The number of nitrogens with two attached hydrogens (primary N) is 1. The molecule has 2 amide bonds. The summed E-state index contributed by atoms with van der Waals surface area (Å²) in [7, 11) is 0. The lowest BCUT2D eigenvalue weighted by Crippen LogP contribution is -2.38. The third kappa shape index (κ3) is 7.00. The number of anilines is 1. The van der Waals surface area contributed by atoms with Gasteiger partial charge in [-0.1, -0.05) is 13.8 Å². The van der Waals surface area contributed by atoms with Gasteiger partial charge in [-0.25, -0.2) is 14.6 Å². The van der Waals surface area contributed by atoms with E-state index in [0.717, 1.165) is 51.1 Å². The molecule has 1 aromatic heterocycles. The van der Waals surface area contributed by atoms with Gasteiger partial charge in [0.05, 0.1) is 17.9 Å². The minimum absolute atomic E-state index is 0.0821. The van der Waals surface area contributed by atoms with E-state index < -0.39 is 0 Å². The third-order valence-electron chi connectivity index (χ3n) is 5.38. The number of ether oxygens (including phenoxy) is 1. The molecular formula is C22H35N5O3. The number of carbonyl (C=O) groups is 2. The highest BCUT2D eigenvalue weighted by Gasteiger charge is 2.22. The van der Waals surface area contributed by atoms with E-state index in [4.69, 9.17) is 10.5 Å². The van der Waals surface area contributed by atoms with Gasteiger partial charge in [0.25, 0.3) is 0 Å². The van der Waals surface area contributed by atoms with Gasteiger partial charge < -0.3 is 20.7 Å².